The zero-order valence-electron chi connectivity index (χ0n) is 5.16. The lowest BCUT2D eigenvalue weighted by molar-refractivity contribution is -0.171. The van der Waals surface area contributed by atoms with E-state index in [0.29, 0.717) is 0 Å². The molecule has 0 unspecified atom stereocenters. The van der Waals surface area contributed by atoms with E-state index in [1.807, 2.05) is 0 Å². The number of ketones is 2. The molecule has 0 aromatic rings. The van der Waals surface area contributed by atoms with Crippen LogP contribution in [-0.2, 0) is 9.59 Å². The lowest BCUT2D eigenvalue weighted by atomic mass is 10.2. The van der Waals surface area contributed by atoms with Gasteiger partial charge < -0.3 is 0 Å². The van der Waals surface area contributed by atoms with Crippen molar-refractivity contribution in [2.45, 2.75) is 19.5 Å². The molecule has 0 aromatic heterocycles. The third-order valence-corrected chi connectivity index (χ3v) is 0.726. The van der Waals surface area contributed by atoms with Crippen LogP contribution < -0.4 is 0 Å². The Hall–Kier alpha value is -0.104. The molecular weight excluding hydrogens is 173 g/mol. The first-order chi connectivity index (χ1) is 4.34. The summed E-state index contributed by atoms with van der Waals surface area (Å²) in [4.78, 5) is 19.9. The van der Waals surface area contributed by atoms with Gasteiger partial charge in [0, 0.05) is 0 Å². The summed E-state index contributed by atoms with van der Waals surface area (Å²) in [6.07, 6.45) is -5.92. The fourth-order valence-electron chi connectivity index (χ4n) is 0.326. The highest BCUT2D eigenvalue weighted by Gasteiger charge is 2.38. The van der Waals surface area contributed by atoms with Crippen LogP contribution in [-0.4, -0.2) is 40.8 Å². The monoisotopic (exact) mass is 180 g/mol. The Bertz CT molecular complexity index is 164. The standard InChI is InChI=1S/C5H5F3O2.Mg.2H/c1-3(9)2-4(10)5(6,7)8;;;/h2H2,1H3;;;. The lowest BCUT2D eigenvalue weighted by Crippen LogP contribution is -2.24. The van der Waals surface area contributed by atoms with Gasteiger partial charge in [-0.05, 0) is 6.92 Å². The highest BCUT2D eigenvalue weighted by molar-refractivity contribution is 6.00. The van der Waals surface area contributed by atoms with Gasteiger partial charge in [-0.25, -0.2) is 0 Å². The molecule has 0 spiro atoms. The summed E-state index contributed by atoms with van der Waals surface area (Å²) in [6.45, 7) is 0.934. The van der Waals surface area contributed by atoms with Crippen molar-refractivity contribution in [3.05, 3.63) is 0 Å². The van der Waals surface area contributed by atoms with E-state index in [0.717, 1.165) is 6.92 Å². The Morgan fingerprint density at radius 2 is 1.64 bits per heavy atom. The number of carbonyl (C=O) groups is 2. The van der Waals surface area contributed by atoms with Gasteiger partial charge in [0.05, 0.1) is 6.42 Å². The zero-order chi connectivity index (χ0) is 8.36. The first-order valence-corrected chi connectivity index (χ1v) is 2.43. The smallest absolute Gasteiger partial charge is 0.300 e. The topological polar surface area (TPSA) is 34.1 Å². The average Bonchev–Trinajstić information content (AvgIpc) is 1.60. The Kier molecular flexibility index (Phi) is 5.77. The van der Waals surface area contributed by atoms with Crippen LogP contribution in [0.5, 0.6) is 0 Å². The third kappa shape index (κ3) is 6.30. The minimum atomic E-state index is -4.87. The van der Waals surface area contributed by atoms with Gasteiger partial charge in [-0.1, -0.05) is 0 Å². The molecule has 0 aromatic carbocycles. The molecule has 0 aliphatic carbocycles. The summed E-state index contributed by atoms with van der Waals surface area (Å²) >= 11 is 0. The summed E-state index contributed by atoms with van der Waals surface area (Å²) in [5.41, 5.74) is 0. The number of halogens is 3. The van der Waals surface area contributed by atoms with E-state index in [9.17, 15) is 22.8 Å². The highest BCUT2D eigenvalue weighted by Crippen LogP contribution is 2.17. The Morgan fingerprint density at radius 1 is 1.27 bits per heavy atom. The normalized spacial score (nSPS) is 10.2. The molecule has 0 heterocycles. The minimum absolute atomic E-state index is 0. The first kappa shape index (κ1) is 13.5. The van der Waals surface area contributed by atoms with E-state index in [2.05, 4.69) is 0 Å². The fourth-order valence-corrected chi connectivity index (χ4v) is 0.326. The minimum Gasteiger partial charge on any atom is -0.300 e. The number of rotatable bonds is 2. The summed E-state index contributed by atoms with van der Waals surface area (Å²) in [5.74, 6) is -2.76. The Labute approximate surface area is 77.3 Å². The van der Waals surface area contributed by atoms with Crippen LogP contribution in [0.3, 0.4) is 0 Å². The predicted octanol–water partition coefficient (Wildman–Crippen LogP) is 0.181. The van der Waals surface area contributed by atoms with Crippen molar-refractivity contribution in [2.24, 2.45) is 0 Å². The van der Waals surface area contributed by atoms with Crippen molar-refractivity contribution in [1.82, 2.24) is 0 Å². The first-order valence-electron chi connectivity index (χ1n) is 2.43. The number of hydrogen-bond donors (Lipinski definition) is 0. The van der Waals surface area contributed by atoms with E-state index >= 15 is 0 Å². The molecule has 2 nitrogen and oxygen atoms in total. The zero-order valence-corrected chi connectivity index (χ0v) is 5.16. The van der Waals surface area contributed by atoms with Crippen LogP contribution in [0.15, 0.2) is 0 Å². The van der Waals surface area contributed by atoms with Gasteiger partial charge >= 0.3 is 29.2 Å². The van der Waals surface area contributed by atoms with E-state index in [-0.39, 0.29) is 23.1 Å². The second kappa shape index (κ2) is 4.71. The molecule has 0 aliphatic heterocycles. The molecule has 11 heavy (non-hydrogen) atoms. The molecule has 0 amide bonds. The molecule has 0 N–H and O–H groups in total. The Balaban J connectivity index is 0. The van der Waals surface area contributed by atoms with Gasteiger partial charge in [0.25, 0.3) is 0 Å². The predicted molar refractivity (Wildman–Crippen MR) is 34.9 cm³/mol. The van der Waals surface area contributed by atoms with Crippen LogP contribution >= 0.6 is 0 Å². The van der Waals surface area contributed by atoms with E-state index in [1.165, 1.54) is 0 Å². The van der Waals surface area contributed by atoms with Gasteiger partial charge in [0.2, 0.25) is 5.78 Å². The number of Topliss-reactive ketones (excluding diaryl/α,β-unsaturated/α-hetero) is 2. The summed E-state index contributed by atoms with van der Waals surface area (Å²) in [5, 5.41) is 0. The molecule has 0 atom stereocenters. The molecule has 0 saturated heterocycles. The van der Waals surface area contributed by atoms with Gasteiger partial charge in [-0.15, -0.1) is 0 Å². The fraction of sp³-hybridized carbons (Fsp3) is 0.600. The SMILES string of the molecule is CC(=O)CC(=O)C(F)(F)F.[MgH2]. The molecule has 0 saturated carbocycles. The van der Waals surface area contributed by atoms with Crippen molar-refractivity contribution in [2.75, 3.05) is 0 Å². The molecule has 62 valence electrons. The quantitative estimate of drug-likeness (QED) is 0.449. The molecule has 0 rings (SSSR count). The second-order valence-electron chi connectivity index (χ2n) is 1.80. The van der Waals surface area contributed by atoms with Gasteiger partial charge in [-0.2, -0.15) is 13.2 Å². The van der Waals surface area contributed by atoms with Crippen molar-refractivity contribution in [3.8, 4) is 0 Å². The van der Waals surface area contributed by atoms with Crippen LogP contribution in [0, 0.1) is 0 Å². The molecule has 0 radical (unpaired) electrons. The maximum Gasteiger partial charge on any atom is 0.450 e. The van der Waals surface area contributed by atoms with Crippen LogP contribution in [0.2, 0.25) is 0 Å². The van der Waals surface area contributed by atoms with Gasteiger partial charge in [0.15, 0.2) is 0 Å². The number of alkyl halides is 3. The third-order valence-electron chi connectivity index (χ3n) is 0.726. The molecule has 0 aliphatic rings. The van der Waals surface area contributed by atoms with Gasteiger partial charge in [0.1, 0.15) is 5.78 Å². The largest absolute Gasteiger partial charge is 0.450 e. The molecule has 0 fully saturated rings. The van der Waals surface area contributed by atoms with E-state index in [1.54, 1.807) is 0 Å². The molecular formula is C5H7F3MgO2. The van der Waals surface area contributed by atoms with Gasteiger partial charge in [-0.3, -0.25) is 9.59 Å². The maximum absolute atomic E-state index is 11.3. The highest BCUT2D eigenvalue weighted by atomic mass is 24.3. The van der Waals surface area contributed by atoms with Crippen LogP contribution in [0.4, 0.5) is 13.2 Å². The second-order valence-corrected chi connectivity index (χ2v) is 1.80. The summed E-state index contributed by atoms with van der Waals surface area (Å²) in [6, 6.07) is 0. The van der Waals surface area contributed by atoms with Crippen molar-refractivity contribution in [1.29, 1.82) is 0 Å². The van der Waals surface area contributed by atoms with Crippen molar-refractivity contribution < 1.29 is 22.8 Å². The van der Waals surface area contributed by atoms with Crippen LogP contribution in [0.25, 0.3) is 0 Å². The van der Waals surface area contributed by atoms with Crippen molar-refractivity contribution in [3.63, 3.8) is 0 Å². The average molecular weight is 180 g/mol. The summed E-state index contributed by atoms with van der Waals surface area (Å²) in [7, 11) is 0. The van der Waals surface area contributed by atoms with E-state index < -0.39 is 24.2 Å². The van der Waals surface area contributed by atoms with Crippen LogP contribution in [0.1, 0.15) is 13.3 Å². The maximum atomic E-state index is 11.3. The van der Waals surface area contributed by atoms with E-state index in [4.69, 9.17) is 0 Å². The molecule has 6 heteroatoms. The number of hydrogen-bond acceptors (Lipinski definition) is 2. The van der Waals surface area contributed by atoms with Crippen molar-refractivity contribution >= 4 is 34.6 Å². The summed E-state index contributed by atoms with van der Waals surface area (Å²) < 4.78 is 33.9. The lowest BCUT2D eigenvalue weighted by Gasteiger charge is -2.00. The molecule has 0 bridgehead atoms. The Morgan fingerprint density at radius 3 is 1.73 bits per heavy atom. The number of carbonyl (C=O) groups excluding carboxylic acids is 2.